The van der Waals surface area contributed by atoms with Crippen LogP contribution in [-0.2, 0) is 19.9 Å². The number of thioether (sulfide) groups is 1. The van der Waals surface area contributed by atoms with Gasteiger partial charge in [-0.05, 0) is 43.9 Å². The summed E-state index contributed by atoms with van der Waals surface area (Å²) >= 11 is 1.93. The first-order valence-electron chi connectivity index (χ1n) is 6.95. The van der Waals surface area contributed by atoms with Crippen molar-refractivity contribution in [1.82, 2.24) is 15.1 Å². The Morgan fingerprint density at radius 2 is 2.22 bits per heavy atom. The molecule has 1 heterocycles. The fourth-order valence-corrected chi connectivity index (χ4v) is 2.59. The predicted octanol–water partition coefficient (Wildman–Crippen LogP) is 2.65. The summed E-state index contributed by atoms with van der Waals surface area (Å²) in [5.74, 6) is 1.22. The summed E-state index contributed by atoms with van der Waals surface area (Å²) in [6.45, 7) is 5.49. The second kappa shape index (κ2) is 8.59. The Balaban J connectivity index is 2.59. The van der Waals surface area contributed by atoms with Gasteiger partial charge in [0, 0.05) is 25.2 Å². The fourth-order valence-electron chi connectivity index (χ4n) is 2.07. The molecule has 0 aliphatic carbocycles. The first-order chi connectivity index (χ1) is 8.71. The van der Waals surface area contributed by atoms with Gasteiger partial charge in [0.1, 0.15) is 0 Å². The molecule has 0 aromatic carbocycles. The highest BCUT2D eigenvalue weighted by atomic mass is 32.2. The Labute approximate surface area is 116 Å². The maximum Gasteiger partial charge on any atom is 0.0624 e. The quantitative estimate of drug-likeness (QED) is 0.747. The largest absolute Gasteiger partial charge is 0.314 e. The molecule has 0 aliphatic rings. The van der Waals surface area contributed by atoms with Crippen LogP contribution in [0.1, 0.15) is 38.1 Å². The summed E-state index contributed by atoms with van der Waals surface area (Å²) in [4.78, 5) is 0. The molecule has 1 N–H and O–H groups in total. The number of nitrogens with one attached hydrogen (secondary N) is 1. The number of hydrogen-bond acceptors (Lipinski definition) is 3. The van der Waals surface area contributed by atoms with Gasteiger partial charge >= 0.3 is 0 Å². The highest BCUT2D eigenvalue weighted by Gasteiger charge is 2.12. The molecule has 0 amide bonds. The Morgan fingerprint density at radius 3 is 2.78 bits per heavy atom. The summed E-state index contributed by atoms with van der Waals surface area (Å²) in [7, 11) is 2.06. The summed E-state index contributed by atoms with van der Waals surface area (Å²) in [5, 5.41) is 8.18. The van der Waals surface area contributed by atoms with Gasteiger partial charge < -0.3 is 5.32 Å². The van der Waals surface area contributed by atoms with Gasteiger partial charge in [0.05, 0.1) is 5.69 Å². The summed E-state index contributed by atoms with van der Waals surface area (Å²) in [6.07, 6.45) is 6.71. The third-order valence-electron chi connectivity index (χ3n) is 3.20. The zero-order valence-electron chi connectivity index (χ0n) is 12.2. The molecule has 104 valence electrons. The van der Waals surface area contributed by atoms with Crippen molar-refractivity contribution in [2.24, 2.45) is 7.05 Å². The minimum Gasteiger partial charge on any atom is -0.314 e. The van der Waals surface area contributed by atoms with Crippen molar-refractivity contribution in [2.45, 2.75) is 45.6 Å². The maximum atomic E-state index is 4.53. The summed E-state index contributed by atoms with van der Waals surface area (Å²) in [5.41, 5.74) is 2.55. The zero-order chi connectivity index (χ0) is 13.4. The van der Waals surface area contributed by atoms with Gasteiger partial charge in [-0.1, -0.05) is 13.8 Å². The van der Waals surface area contributed by atoms with Gasteiger partial charge in [-0.2, -0.15) is 16.9 Å². The van der Waals surface area contributed by atoms with E-state index in [1.165, 1.54) is 30.0 Å². The fraction of sp³-hybridized carbons (Fsp3) is 0.786. The van der Waals surface area contributed by atoms with Crippen LogP contribution in [0.15, 0.2) is 6.07 Å². The number of aromatic nitrogens is 2. The molecule has 1 atom stereocenters. The van der Waals surface area contributed by atoms with Crippen molar-refractivity contribution < 1.29 is 0 Å². The van der Waals surface area contributed by atoms with E-state index in [1.54, 1.807) is 0 Å². The van der Waals surface area contributed by atoms with Crippen LogP contribution in [-0.4, -0.2) is 34.4 Å². The first kappa shape index (κ1) is 15.6. The molecule has 0 saturated heterocycles. The second-order valence-corrected chi connectivity index (χ2v) is 5.73. The molecule has 0 aliphatic heterocycles. The van der Waals surface area contributed by atoms with Crippen molar-refractivity contribution in [1.29, 1.82) is 0 Å². The molecule has 1 unspecified atom stereocenters. The van der Waals surface area contributed by atoms with Gasteiger partial charge in [-0.15, -0.1) is 0 Å². The third-order valence-corrected chi connectivity index (χ3v) is 3.84. The molecular weight excluding hydrogens is 242 g/mol. The van der Waals surface area contributed by atoms with E-state index in [0.29, 0.717) is 6.04 Å². The predicted molar refractivity (Wildman–Crippen MR) is 81.4 cm³/mol. The minimum atomic E-state index is 0.581. The second-order valence-electron chi connectivity index (χ2n) is 4.74. The van der Waals surface area contributed by atoms with Crippen LogP contribution in [0.4, 0.5) is 0 Å². The van der Waals surface area contributed by atoms with Gasteiger partial charge in [0.15, 0.2) is 0 Å². The van der Waals surface area contributed by atoms with E-state index in [0.717, 1.165) is 19.4 Å². The highest BCUT2D eigenvalue weighted by molar-refractivity contribution is 7.98. The monoisotopic (exact) mass is 269 g/mol. The molecule has 0 fully saturated rings. The van der Waals surface area contributed by atoms with E-state index >= 15 is 0 Å². The van der Waals surface area contributed by atoms with E-state index in [4.69, 9.17) is 0 Å². The topological polar surface area (TPSA) is 29.9 Å². The zero-order valence-corrected chi connectivity index (χ0v) is 13.0. The van der Waals surface area contributed by atoms with Gasteiger partial charge in [-0.25, -0.2) is 0 Å². The van der Waals surface area contributed by atoms with Crippen molar-refractivity contribution in [2.75, 3.05) is 18.6 Å². The molecule has 0 spiro atoms. The van der Waals surface area contributed by atoms with Crippen LogP contribution in [0.2, 0.25) is 0 Å². The van der Waals surface area contributed by atoms with Crippen LogP contribution >= 0.6 is 11.8 Å². The van der Waals surface area contributed by atoms with Gasteiger partial charge in [0.25, 0.3) is 0 Å². The summed E-state index contributed by atoms with van der Waals surface area (Å²) < 4.78 is 2.04. The lowest BCUT2D eigenvalue weighted by molar-refractivity contribution is 0.484. The molecular formula is C14H27N3S. The number of nitrogens with zero attached hydrogens (tertiary/aromatic N) is 2. The van der Waals surface area contributed by atoms with Gasteiger partial charge in [-0.3, -0.25) is 4.68 Å². The van der Waals surface area contributed by atoms with E-state index in [1.807, 2.05) is 16.4 Å². The molecule has 18 heavy (non-hydrogen) atoms. The van der Waals surface area contributed by atoms with Crippen LogP contribution in [0.25, 0.3) is 0 Å². The molecule has 1 rings (SSSR count). The standard InChI is InChI=1S/C14H27N3S/c1-5-8-15-13(7-9-18-4)11-14-10-12(6-2)16-17(14)3/h10,13,15H,5-9,11H2,1-4H3. The summed E-state index contributed by atoms with van der Waals surface area (Å²) in [6, 6.07) is 2.83. The van der Waals surface area contributed by atoms with E-state index in [2.05, 4.69) is 43.6 Å². The van der Waals surface area contributed by atoms with Crippen LogP contribution in [0, 0.1) is 0 Å². The SMILES string of the molecule is CCCNC(CCSC)Cc1cc(CC)nn1C. The normalized spacial score (nSPS) is 12.9. The number of aryl methyl sites for hydroxylation is 2. The Kier molecular flexibility index (Phi) is 7.44. The molecule has 4 heteroatoms. The molecule has 3 nitrogen and oxygen atoms in total. The Bertz CT molecular complexity index is 328. The smallest absolute Gasteiger partial charge is 0.0624 e. The van der Waals surface area contributed by atoms with Crippen molar-refractivity contribution >= 4 is 11.8 Å². The van der Waals surface area contributed by atoms with Gasteiger partial charge in [0.2, 0.25) is 0 Å². The van der Waals surface area contributed by atoms with E-state index in [-0.39, 0.29) is 0 Å². The lowest BCUT2D eigenvalue weighted by atomic mass is 10.1. The highest BCUT2D eigenvalue weighted by Crippen LogP contribution is 2.10. The average molecular weight is 269 g/mol. The van der Waals surface area contributed by atoms with E-state index < -0.39 is 0 Å². The molecule has 1 aromatic heterocycles. The minimum absolute atomic E-state index is 0.581. The molecule has 0 bridgehead atoms. The lowest BCUT2D eigenvalue weighted by Crippen LogP contribution is -2.33. The third kappa shape index (κ3) is 5.02. The number of rotatable bonds is 9. The van der Waals surface area contributed by atoms with Crippen molar-refractivity contribution in [3.63, 3.8) is 0 Å². The Morgan fingerprint density at radius 1 is 1.44 bits per heavy atom. The average Bonchev–Trinajstić information content (AvgIpc) is 2.73. The van der Waals surface area contributed by atoms with Crippen molar-refractivity contribution in [3.8, 4) is 0 Å². The molecule has 1 aromatic rings. The maximum absolute atomic E-state index is 4.53. The van der Waals surface area contributed by atoms with E-state index in [9.17, 15) is 0 Å². The first-order valence-corrected chi connectivity index (χ1v) is 8.34. The molecule has 0 saturated carbocycles. The van der Waals surface area contributed by atoms with Crippen LogP contribution in [0.3, 0.4) is 0 Å². The van der Waals surface area contributed by atoms with Crippen LogP contribution < -0.4 is 5.32 Å². The lowest BCUT2D eigenvalue weighted by Gasteiger charge is -2.18. The van der Waals surface area contributed by atoms with Crippen LogP contribution in [0.5, 0.6) is 0 Å². The molecule has 0 radical (unpaired) electrons. The Hall–Kier alpha value is -0.480. The number of hydrogen-bond donors (Lipinski definition) is 1. The van der Waals surface area contributed by atoms with Crippen molar-refractivity contribution in [3.05, 3.63) is 17.5 Å².